The van der Waals surface area contributed by atoms with Gasteiger partial charge in [-0.15, -0.1) is 0 Å². The van der Waals surface area contributed by atoms with E-state index in [9.17, 15) is 19.2 Å². The summed E-state index contributed by atoms with van der Waals surface area (Å²) in [4.78, 5) is 61.7. The second-order valence-corrected chi connectivity index (χ2v) is 15.5. The Morgan fingerprint density at radius 1 is 0.607 bits per heavy atom. The monoisotopic (exact) mass is 815 g/mol. The zero-order chi connectivity index (χ0) is 42.8. The molecule has 4 N–H and O–H groups in total. The van der Waals surface area contributed by atoms with Crippen LogP contribution in [-0.2, 0) is 29.3 Å². The molecular formula is C49H45N5O7. The van der Waals surface area contributed by atoms with Gasteiger partial charge in [-0.3, -0.25) is 14.9 Å². The molecule has 7 rings (SSSR count). The van der Waals surface area contributed by atoms with E-state index in [0.29, 0.717) is 40.1 Å². The number of amides is 3. The van der Waals surface area contributed by atoms with Crippen molar-refractivity contribution in [3.8, 4) is 16.9 Å². The molecule has 12 nitrogen and oxygen atoms in total. The molecule has 12 heteroatoms. The second kappa shape index (κ2) is 18.9. The first kappa shape index (κ1) is 41.4. The summed E-state index contributed by atoms with van der Waals surface area (Å²) in [5.41, 5.74) is 5.25. The fourth-order valence-electron chi connectivity index (χ4n) is 6.32. The third-order valence-corrected chi connectivity index (χ3v) is 9.44. The lowest BCUT2D eigenvalue weighted by Crippen LogP contribution is -2.32. The van der Waals surface area contributed by atoms with E-state index < -0.39 is 18.0 Å². The van der Waals surface area contributed by atoms with E-state index in [1.54, 1.807) is 48.5 Å². The summed E-state index contributed by atoms with van der Waals surface area (Å²) in [5.74, 6) is -0.930. The van der Waals surface area contributed by atoms with Gasteiger partial charge >= 0.3 is 12.1 Å². The van der Waals surface area contributed by atoms with Crippen LogP contribution in [0.4, 0.5) is 16.4 Å². The molecule has 7 aromatic rings. The van der Waals surface area contributed by atoms with Crippen LogP contribution in [0.15, 0.2) is 146 Å². The topological polar surface area (TPSA) is 161 Å². The summed E-state index contributed by atoms with van der Waals surface area (Å²) in [5, 5.41) is 8.52. The van der Waals surface area contributed by atoms with Crippen molar-refractivity contribution in [2.75, 3.05) is 17.2 Å². The fraction of sp³-hybridized carbons (Fsp3) is 0.163. The van der Waals surface area contributed by atoms with E-state index >= 15 is 0 Å². The average molecular weight is 816 g/mol. The number of anilines is 2. The highest BCUT2D eigenvalue weighted by Gasteiger charge is 2.24. The van der Waals surface area contributed by atoms with Crippen molar-refractivity contribution in [3.05, 3.63) is 179 Å². The Labute approximate surface area is 353 Å². The molecule has 0 aliphatic rings. The van der Waals surface area contributed by atoms with Gasteiger partial charge in [0, 0.05) is 17.8 Å². The first-order chi connectivity index (χ1) is 29.5. The molecule has 0 unspecified atom stereocenters. The molecule has 0 radical (unpaired) electrons. The maximum absolute atomic E-state index is 14.4. The second-order valence-electron chi connectivity index (χ2n) is 15.5. The van der Waals surface area contributed by atoms with E-state index in [2.05, 4.69) is 25.9 Å². The van der Waals surface area contributed by atoms with Crippen LogP contribution in [0, 0.1) is 5.41 Å². The number of hydrogen-bond donors (Lipinski definition) is 4. The van der Waals surface area contributed by atoms with Crippen LogP contribution in [0.5, 0.6) is 5.75 Å². The molecule has 1 aromatic heterocycles. The van der Waals surface area contributed by atoms with Crippen LogP contribution < -0.4 is 20.7 Å². The summed E-state index contributed by atoms with van der Waals surface area (Å²) < 4.78 is 17.3. The highest BCUT2D eigenvalue weighted by molar-refractivity contribution is 6.11. The molecule has 61 heavy (non-hydrogen) atoms. The molecule has 0 saturated carbocycles. The first-order valence-electron chi connectivity index (χ1n) is 19.7. The largest absolute Gasteiger partial charge is 0.489 e. The van der Waals surface area contributed by atoms with Crippen molar-refractivity contribution in [1.82, 2.24) is 15.3 Å². The van der Waals surface area contributed by atoms with Gasteiger partial charge < -0.3 is 29.8 Å². The molecule has 6 aromatic carbocycles. The molecule has 308 valence electrons. The number of hydrogen-bond acceptors (Lipinski definition) is 8. The zero-order valence-electron chi connectivity index (χ0n) is 34.0. The number of nitrogens with zero attached hydrogens (tertiary/aromatic N) is 1. The highest BCUT2D eigenvalue weighted by Crippen LogP contribution is 2.33. The summed E-state index contributed by atoms with van der Waals surface area (Å²) >= 11 is 0. The van der Waals surface area contributed by atoms with Crippen LogP contribution in [0.2, 0.25) is 0 Å². The number of ether oxygens (including phenoxy) is 3. The maximum Gasteiger partial charge on any atom is 0.414 e. The molecular weight excluding hydrogens is 771 g/mol. The zero-order valence-corrected chi connectivity index (χ0v) is 34.0. The van der Waals surface area contributed by atoms with Crippen LogP contribution in [-0.4, -0.2) is 40.4 Å². The summed E-state index contributed by atoms with van der Waals surface area (Å²) in [6, 6.07) is 43.1. The van der Waals surface area contributed by atoms with E-state index in [1.165, 1.54) is 6.07 Å². The SMILES string of the molecule is CC(C)(C)CNC(=O)c1ccc(-c2ccc(OCc3ccccc3)cc2C(=O)Nc2ccc3nc(NC(=O)OCc4ccccc4)[nH]c3c2)c(C(=O)OCc2ccccc2)c1. The maximum atomic E-state index is 14.4. The van der Waals surface area contributed by atoms with Crippen LogP contribution in [0.25, 0.3) is 22.2 Å². The van der Waals surface area contributed by atoms with Crippen LogP contribution in [0.3, 0.4) is 0 Å². The van der Waals surface area contributed by atoms with E-state index in [4.69, 9.17) is 14.2 Å². The normalized spacial score (nSPS) is 11.1. The van der Waals surface area contributed by atoms with Gasteiger partial charge in [0.15, 0.2) is 0 Å². The van der Waals surface area contributed by atoms with Gasteiger partial charge in [-0.1, -0.05) is 118 Å². The van der Waals surface area contributed by atoms with Crippen molar-refractivity contribution in [1.29, 1.82) is 0 Å². The number of carbonyl (C=O) groups is 4. The standard InChI is InChI=1S/C49H45N5O7/c1-49(2,3)31-50-44(55)35-19-22-39(41(25-35)46(57)60-29-33-15-9-5-10-16-33)38-23-21-37(59-28-32-13-7-4-8-14-32)27-40(38)45(56)51-36-20-24-42-43(26-36)53-47(52-42)54-48(58)61-30-34-17-11-6-12-18-34/h4-27H,28-31H2,1-3H3,(H,50,55)(H,51,56)(H2,52,53,54,58). The van der Waals surface area contributed by atoms with Gasteiger partial charge in [-0.2, -0.15) is 0 Å². The summed E-state index contributed by atoms with van der Waals surface area (Å²) in [6.07, 6.45) is -0.680. The molecule has 0 fully saturated rings. The Morgan fingerprint density at radius 3 is 1.87 bits per heavy atom. The van der Waals surface area contributed by atoms with Crippen molar-refractivity contribution >= 4 is 46.5 Å². The lowest BCUT2D eigenvalue weighted by molar-refractivity contribution is 0.0473. The van der Waals surface area contributed by atoms with Crippen LogP contribution in [0.1, 0.15) is 68.5 Å². The van der Waals surface area contributed by atoms with E-state index in [0.717, 1.165) is 16.7 Å². The molecule has 3 amide bonds. The van der Waals surface area contributed by atoms with Crippen molar-refractivity contribution in [2.45, 2.75) is 40.6 Å². The smallest absolute Gasteiger partial charge is 0.414 e. The molecule has 0 bridgehead atoms. The highest BCUT2D eigenvalue weighted by atomic mass is 16.5. The van der Waals surface area contributed by atoms with Gasteiger partial charge in [0.25, 0.3) is 11.8 Å². The Morgan fingerprint density at radius 2 is 1.21 bits per heavy atom. The Kier molecular flexibility index (Phi) is 12.8. The molecule has 0 saturated heterocycles. The molecule has 0 spiro atoms. The van der Waals surface area contributed by atoms with Gasteiger partial charge in [0.05, 0.1) is 22.2 Å². The lowest BCUT2D eigenvalue weighted by Gasteiger charge is -2.19. The number of benzene rings is 6. The molecule has 0 atom stereocenters. The Balaban J connectivity index is 1.19. The Hall–Kier alpha value is -7.73. The van der Waals surface area contributed by atoms with Crippen molar-refractivity contribution in [3.63, 3.8) is 0 Å². The number of esters is 1. The minimum atomic E-state index is -0.680. The molecule has 0 aliphatic heterocycles. The fourth-order valence-corrected chi connectivity index (χ4v) is 6.32. The third kappa shape index (κ3) is 11.3. The van der Waals surface area contributed by atoms with Crippen molar-refractivity contribution in [2.24, 2.45) is 5.41 Å². The first-order valence-corrected chi connectivity index (χ1v) is 19.7. The minimum absolute atomic E-state index is 0.00134. The number of aromatic nitrogens is 2. The number of rotatable bonds is 14. The number of aromatic amines is 1. The quantitative estimate of drug-likeness (QED) is 0.0789. The number of fused-ring (bicyclic) bond motifs is 1. The van der Waals surface area contributed by atoms with Gasteiger partial charge in [0.2, 0.25) is 5.95 Å². The summed E-state index contributed by atoms with van der Waals surface area (Å²) in [7, 11) is 0. The lowest BCUT2D eigenvalue weighted by atomic mass is 9.92. The van der Waals surface area contributed by atoms with Crippen molar-refractivity contribution < 1.29 is 33.4 Å². The van der Waals surface area contributed by atoms with Crippen LogP contribution >= 0.6 is 0 Å². The minimum Gasteiger partial charge on any atom is -0.489 e. The van der Waals surface area contributed by atoms with Gasteiger partial charge in [0.1, 0.15) is 25.6 Å². The molecule has 0 aliphatic carbocycles. The van der Waals surface area contributed by atoms with E-state index in [1.807, 2.05) is 112 Å². The average Bonchev–Trinajstić information content (AvgIpc) is 3.68. The number of H-pyrrole nitrogens is 1. The number of imidazole rings is 1. The molecule has 1 heterocycles. The summed E-state index contributed by atoms with van der Waals surface area (Å²) in [6.45, 7) is 6.80. The van der Waals surface area contributed by atoms with Gasteiger partial charge in [-0.25, -0.2) is 14.6 Å². The number of nitrogens with one attached hydrogen (secondary N) is 4. The van der Waals surface area contributed by atoms with E-state index in [-0.39, 0.29) is 53.8 Å². The predicted molar refractivity (Wildman–Crippen MR) is 234 cm³/mol. The third-order valence-electron chi connectivity index (χ3n) is 9.44. The number of carbonyl (C=O) groups excluding carboxylic acids is 4. The Bertz CT molecular complexity index is 2660. The van der Waals surface area contributed by atoms with Gasteiger partial charge in [-0.05, 0) is 81.8 Å². The predicted octanol–water partition coefficient (Wildman–Crippen LogP) is 9.94.